The zero-order valence-electron chi connectivity index (χ0n) is 17.2. The molecule has 4 N–H and O–H groups in total. The predicted molar refractivity (Wildman–Crippen MR) is 128 cm³/mol. The molecule has 0 saturated carbocycles. The maximum atomic E-state index is 11.4. The van der Waals surface area contributed by atoms with Gasteiger partial charge in [-0.15, -0.1) is 0 Å². The van der Waals surface area contributed by atoms with Crippen molar-refractivity contribution >= 4 is 22.6 Å². The lowest BCUT2D eigenvalue weighted by molar-refractivity contribution is 0.0902. The summed E-state index contributed by atoms with van der Waals surface area (Å²) in [6.45, 7) is 0.0520. The molecule has 0 spiro atoms. The lowest BCUT2D eigenvalue weighted by atomic mass is 9.85. The Hall–Kier alpha value is -3.51. The van der Waals surface area contributed by atoms with Crippen molar-refractivity contribution in [2.75, 3.05) is 6.54 Å². The van der Waals surface area contributed by atoms with Crippen LogP contribution in [0.5, 0.6) is 0 Å². The van der Waals surface area contributed by atoms with Crippen molar-refractivity contribution in [3.05, 3.63) is 108 Å². The van der Waals surface area contributed by atoms with Gasteiger partial charge in [0, 0.05) is 52.9 Å². The molecule has 6 heteroatoms. The maximum Gasteiger partial charge on any atom is 0.138 e. The van der Waals surface area contributed by atoms with E-state index >= 15 is 0 Å². The van der Waals surface area contributed by atoms with E-state index in [2.05, 4.69) is 15.0 Å². The summed E-state index contributed by atoms with van der Waals surface area (Å²) < 4.78 is 0. The van der Waals surface area contributed by atoms with E-state index in [0.717, 1.165) is 38.9 Å². The second kappa shape index (κ2) is 8.20. The second-order valence-electron chi connectivity index (χ2n) is 7.67. The van der Waals surface area contributed by atoms with Crippen molar-refractivity contribution in [1.29, 1.82) is 0 Å². The highest BCUT2D eigenvalue weighted by atomic mass is 35.5. The van der Waals surface area contributed by atoms with Crippen LogP contribution in [0.15, 0.2) is 91.5 Å². The first-order valence-electron chi connectivity index (χ1n) is 10.3. The average molecular weight is 441 g/mol. The monoisotopic (exact) mass is 440 g/mol. The average Bonchev–Trinajstić information content (AvgIpc) is 3.29. The Labute approximate surface area is 190 Å². The smallest absolute Gasteiger partial charge is 0.138 e. The molecule has 0 aliphatic rings. The van der Waals surface area contributed by atoms with Gasteiger partial charge in [-0.05, 0) is 46.5 Å². The van der Waals surface area contributed by atoms with E-state index in [9.17, 15) is 5.11 Å². The fourth-order valence-electron chi connectivity index (χ4n) is 4.10. The molecule has 5 nitrogen and oxygen atoms in total. The topological polar surface area (TPSA) is 87.8 Å². The van der Waals surface area contributed by atoms with Crippen LogP contribution in [-0.2, 0) is 5.60 Å². The number of benzene rings is 2. The van der Waals surface area contributed by atoms with Crippen LogP contribution >= 0.6 is 11.6 Å². The van der Waals surface area contributed by atoms with Crippen molar-refractivity contribution in [2.45, 2.75) is 5.60 Å². The Bertz CT molecular complexity index is 1370. The number of pyridine rings is 2. The molecule has 3 aromatic heterocycles. The van der Waals surface area contributed by atoms with Crippen LogP contribution in [-0.4, -0.2) is 26.6 Å². The highest BCUT2D eigenvalue weighted by Crippen LogP contribution is 2.37. The van der Waals surface area contributed by atoms with E-state index in [-0.39, 0.29) is 6.54 Å². The molecule has 1 atom stereocenters. The van der Waals surface area contributed by atoms with Gasteiger partial charge in [-0.2, -0.15) is 0 Å². The Morgan fingerprint density at radius 1 is 0.875 bits per heavy atom. The SMILES string of the molecule is NCC(O)(c1ccc(Cl)cc1)c1ccc(-c2ccnc3[nH]cc(-c4cccnc4)c23)cc1. The molecule has 0 saturated heterocycles. The number of fused-ring (bicyclic) bond motifs is 1. The molecular formula is C26H21ClN4O. The van der Waals surface area contributed by atoms with Gasteiger partial charge in [0.1, 0.15) is 11.2 Å². The Morgan fingerprint density at radius 3 is 2.25 bits per heavy atom. The van der Waals surface area contributed by atoms with Gasteiger partial charge in [0.15, 0.2) is 0 Å². The molecule has 5 rings (SSSR count). The van der Waals surface area contributed by atoms with E-state index in [1.807, 2.05) is 54.9 Å². The minimum atomic E-state index is -1.30. The highest BCUT2D eigenvalue weighted by Gasteiger charge is 2.30. The number of aromatic nitrogens is 3. The van der Waals surface area contributed by atoms with Gasteiger partial charge in [-0.25, -0.2) is 4.98 Å². The molecule has 0 aliphatic heterocycles. The van der Waals surface area contributed by atoms with Crippen LogP contribution in [0.2, 0.25) is 5.02 Å². The van der Waals surface area contributed by atoms with Crippen molar-refractivity contribution in [3.63, 3.8) is 0 Å². The quantitative estimate of drug-likeness (QED) is 0.353. The summed E-state index contributed by atoms with van der Waals surface area (Å²) in [5.41, 5.74) is 11.1. The summed E-state index contributed by atoms with van der Waals surface area (Å²) >= 11 is 6.01. The third-order valence-corrected chi connectivity index (χ3v) is 6.09. The first kappa shape index (κ1) is 20.4. The van der Waals surface area contributed by atoms with Crippen LogP contribution in [0.3, 0.4) is 0 Å². The van der Waals surface area contributed by atoms with Crippen molar-refractivity contribution in [3.8, 4) is 22.3 Å². The van der Waals surface area contributed by atoms with Crippen LogP contribution in [0.1, 0.15) is 11.1 Å². The fraction of sp³-hybridized carbons (Fsp3) is 0.0769. The number of aromatic amines is 1. The van der Waals surface area contributed by atoms with E-state index in [1.54, 1.807) is 36.7 Å². The van der Waals surface area contributed by atoms with Crippen LogP contribution < -0.4 is 5.73 Å². The number of nitrogens with one attached hydrogen (secondary N) is 1. The zero-order chi connectivity index (χ0) is 22.1. The summed E-state index contributed by atoms with van der Waals surface area (Å²) in [4.78, 5) is 12.0. The van der Waals surface area contributed by atoms with Crippen molar-refractivity contribution < 1.29 is 5.11 Å². The van der Waals surface area contributed by atoms with Gasteiger partial charge >= 0.3 is 0 Å². The van der Waals surface area contributed by atoms with Crippen LogP contribution in [0, 0.1) is 0 Å². The van der Waals surface area contributed by atoms with Crippen LogP contribution in [0.25, 0.3) is 33.3 Å². The third kappa shape index (κ3) is 3.46. The standard InChI is InChI=1S/C26H21ClN4O/c27-21-9-7-20(8-10-21)26(32,16-28)19-5-3-17(4-6-19)22-11-13-30-25-24(22)23(15-31-25)18-2-1-12-29-14-18/h1-15,32H,16,28H2,(H,30,31). The molecule has 32 heavy (non-hydrogen) atoms. The minimum Gasteiger partial charge on any atom is -0.379 e. The molecule has 0 fully saturated rings. The normalized spacial score (nSPS) is 13.2. The summed E-state index contributed by atoms with van der Waals surface area (Å²) in [7, 11) is 0. The predicted octanol–water partition coefficient (Wildman–Crippen LogP) is 5.14. The Balaban J connectivity index is 1.59. The van der Waals surface area contributed by atoms with Gasteiger partial charge in [-0.3, -0.25) is 4.98 Å². The summed E-state index contributed by atoms with van der Waals surface area (Å²) in [6, 6.07) is 20.9. The molecule has 3 heterocycles. The lowest BCUT2D eigenvalue weighted by Gasteiger charge is -2.28. The first-order valence-corrected chi connectivity index (χ1v) is 10.6. The molecule has 1 unspecified atom stereocenters. The van der Waals surface area contributed by atoms with Gasteiger partial charge in [-0.1, -0.05) is 54.1 Å². The van der Waals surface area contributed by atoms with E-state index in [4.69, 9.17) is 17.3 Å². The number of halogens is 1. The summed E-state index contributed by atoms with van der Waals surface area (Å²) in [5.74, 6) is 0. The van der Waals surface area contributed by atoms with Crippen molar-refractivity contribution in [1.82, 2.24) is 15.0 Å². The van der Waals surface area contributed by atoms with Gasteiger partial charge in [0.2, 0.25) is 0 Å². The largest absolute Gasteiger partial charge is 0.379 e. The van der Waals surface area contributed by atoms with E-state index in [0.29, 0.717) is 10.6 Å². The number of nitrogens with two attached hydrogens (primary N) is 1. The van der Waals surface area contributed by atoms with Gasteiger partial charge < -0.3 is 15.8 Å². The van der Waals surface area contributed by atoms with Gasteiger partial charge in [0.05, 0.1) is 0 Å². The summed E-state index contributed by atoms with van der Waals surface area (Å²) in [6.07, 6.45) is 7.35. The molecule has 0 amide bonds. The molecule has 2 aromatic carbocycles. The molecule has 0 aliphatic carbocycles. The number of hydrogen-bond donors (Lipinski definition) is 3. The Kier molecular flexibility index (Phi) is 5.23. The summed E-state index contributed by atoms with van der Waals surface area (Å²) in [5, 5.41) is 13.0. The first-order chi connectivity index (χ1) is 15.6. The molecule has 5 aromatic rings. The minimum absolute atomic E-state index is 0.0520. The molecule has 0 bridgehead atoms. The Morgan fingerprint density at radius 2 is 1.59 bits per heavy atom. The molecular weight excluding hydrogens is 420 g/mol. The maximum absolute atomic E-state index is 11.4. The number of hydrogen-bond acceptors (Lipinski definition) is 4. The molecule has 158 valence electrons. The van der Waals surface area contributed by atoms with E-state index in [1.165, 1.54) is 0 Å². The molecule has 0 radical (unpaired) electrons. The zero-order valence-corrected chi connectivity index (χ0v) is 17.9. The van der Waals surface area contributed by atoms with E-state index < -0.39 is 5.60 Å². The number of H-pyrrole nitrogens is 1. The number of rotatable bonds is 5. The van der Waals surface area contributed by atoms with Gasteiger partial charge in [0.25, 0.3) is 0 Å². The third-order valence-electron chi connectivity index (χ3n) is 5.84. The van der Waals surface area contributed by atoms with Crippen LogP contribution in [0.4, 0.5) is 0 Å². The fourth-order valence-corrected chi connectivity index (χ4v) is 4.23. The lowest BCUT2D eigenvalue weighted by Crippen LogP contribution is -2.36. The number of nitrogens with zero attached hydrogens (tertiary/aromatic N) is 2. The second-order valence-corrected chi connectivity index (χ2v) is 8.11. The van der Waals surface area contributed by atoms with Crippen molar-refractivity contribution in [2.24, 2.45) is 5.73 Å². The number of aliphatic hydroxyl groups is 1. The highest BCUT2D eigenvalue weighted by molar-refractivity contribution is 6.30.